The van der Waals surface area contributed by atoms with Crippen LogP contribution in [-0.2, 0) is 49.9 Å². The van der Waals surface area contributed by atoms with Crippen molar-refractivity contribution in [2.45, 2.75) is 103 Å². The van der Waals surface area contributed by atoms with Gasteiger partial charge in [-0.1, -0.05) is 137 Å². The van der Waals surface area contributed by atoms with Gasteiger partial charge in [0.25, 0.3) is 0 Å². The molecule has 2 amide bonds. The minimum atomic E-state index is -0.964. The lowest BCUT2D eigenvalue weighted by molar-refractivity contribution is -0.147. The molecule has 374 valence electrons. The van der Waals surface area contributed by atoms with Crippen molar-refractivity contribution in [3.8, 4) is 0 Å². The molecule has 6 aromatic rings. The molecule has 4 atom stereocenters. The number of fused-ring (bicyclic) bond motifs is 2. The summed E-state index contributed by atoms with van der Waals surface area (Å²) in [7, 11) is 1.37. The van der Waals surface area contributed by atoms with Crippen molar-refractivity contribution in [2.24, 2.45) is 10.2 Å². The van der Waals surface area contributed by atoms with Crippen molar-refractivity contribution in [3.63, 3.8) is 0 Å². The average molecular weight is 1010 g/mol. The van der Waals surface area contributed by atoms with Crippen LogP contribution in [0.2, 0.25) is 0 Å². The van der Waals surface area contributed by atoms with Crippen molar-refractivity contribution in [2.75, 3.05) is 7.11 Å². The number of ether oxygens (including phenoxy) is 3. The normalized spacial score (nSPS) is 14.7. The van der Waals surface area contributed by atoms with E-state index in [-0.39, 0.29) is 19.2 Å². The topological polar surface area (TPSA) is 220 Å². The van der Waals surface area contributed by atoms with Crippen molar-refractivity contribution in [1.82, 2.24) is 42.8 Å². The number of aliphatic carboxylic acids is 1. The van der Waals surface area contributed by atoms with Gasteiger partial charge < -0.3 is 30.0 Å². The third-order valence-corrected chi connectivity index (χ3v) is 13.8. The number of hydrazone groups is 2. The molecular formula is C51H60N10O8S2. The number of esters is 1. The Bertz CT molecular complexity index is 2760. The Kier molecular flexibility index (Phi) is 19.0. The van der Waals surface area contributed by atoms with Gasteiger partial charge in [-0.3, -0.25) is 10.0 Å². The van der Waals surface area contributed by atoms with Crippen LogP contribution in [0.1, 0.15) is 74.6 Å². The third-order valence-electron chi connectivity index (χ3n) is 11.8. The Balaban J connectivity index is 0.000000209. The number of hydrazine groups is 4. The molecule has 2 aromatic heterocycles. The molecule has 4 heterocycles. The van der Waals surface area contributed by atoms with E-state index in [4.69, 9.17) is 14.2 Å². The smallest absolute Gasteiger partial charge is 0.408 e. The molecule has 20 heteroatoms. The summed E-state index contributed by atoms with van der Waals surface area (Å²) in [5.74, 6) is -0.471. The third kappa shape index (κ3) is 14.0. The molecular weight excluding hydrogens is 945 g/mol. The second-order valence-electron chi connectivity index (χ2n) is 16.7. The minimum absolute atomic E-state index is 0.127. The van der Waals surface area contributed by atoms with Gasteiger partial charge in [-0.05, 0) is 68.8 Å². The molecule has 2 aliphatic rings. The van der Waals surface area contributed by atoms with E-state index in [0.29, 0.717) is 37.4 Å². The molecule has 18 nitrogen and oxygen atoms in total. The number of hydrogen-bond donors (Lipinski definition) is 7. The van der Waals surface area contributed by atoms with Gasteiger partial charge in [0.15, 0.2) is 11.7 Å². The number of carboxylic acid groups (broad SMARTS) is 1. The number of nitrogens with zero attached hydrogens (tertiary/aromatic N) is 4. The first kappa shape index (κ1) is 51.6. The van der Waals surface area contributed by atoms with Crippen LogP contribution in [-0.4, -0.2) is 82.2 Å². The van der Waals surface area contributed by atoms with Crippen molar-refractivity contribution < 1.29 is 38.5 Å². The van der Waals surface area contributed by atoms with E-state index in [0.717, 1.165) is 68.1 Å². The number of amidine groups is 2. The number of rotatable bonds is 22. The lowest BCUT2D eigenvalue weighted by atomic mass is 10.0. The number of hydrogen-bond acceptors (Lipinski definition) is 17. The zero-order valence-electron chi connectivity index (χ0n) is 39.8. The second-order valence-corrected chi connectivity index (χ2v) is 18.6. The standard InChI is InChI=1S/C26H31N5O4S.C25H29N5O4S/c1-3-4-13-22(25(32)34-2)31-24(28-29-30-31)21(15-19-17-36-23-14-9-8-12-20(19)23)27-26(33)35-16-18-10-6-5-7-11-18;1-2-3-12-21(24(31)32)30-23(27-28-29-30)20(14-18-16-35-22-13-8-7-11-19(18)22)26-25(33)34-15-17-9-5-4-6-10-17/h5-12,14,17,21-22,29-30H,3-4,13,15-16H2,1-2H3,(H,27,33);4-11,13,16,20-21,28-29H,2-3,12,14-15H2,1H3,(H,26,33)(H,31,32)/t21-,22-;20-,21-/m00/s1. The Labute approximate surface area is 420 Å². The minimum Gasteiger partial charge on any atom is -0.480 e. The van der Waals surface area contributed by atoms with Crippen LogP contribution in [0.5, 0.6) is 0 Å². The summed E-state index contributed by atoms with van der Waals surface area (Å²) >= 11 is 3.27. The summed E-state index contributed by atoms with van der Waals surface area (Å²) < 4.78 is 18.3. The van der Waals surface area contributed by atoms with E-state index in [1.807, 2.05) is 104 Å². The number of unbranched alkanes of at least 4 members (excludes halogenated alkanes) is 2. The number of thiophene rings is 2. The van der Waals surface area contributed by atoms with Gasteiger partial charge >= 0.3 is 24.1 Å². The molecule has 0 saturated heterocycles. The lowest BCUT2D eigenvalue weighted by Crippen LogP contribution is -2.57. The SMILES string of the molecule is CCCC[C@@H](C(=O)O)N1NNN=C1[C@H](Cc1csc2ccccc12)NC(=O)OCc1ccccc1.CCCC[C@@H](C(=O)OC)N1NNN=C1[C@H](Cc1csc2ccccc12)NC(=O)OCc1ccccc1. The first-order valence-electron chi connectivity index (χ1n) is 23.6. The van der Waals surface area contributed by atoms with Gasteiger partial charge in [0.1, 0.15) is 25.3 Å². The van der Waals surface area contributed by atoms with Gasteiger partial charge in [0.05, 0.1) is 19.2 Å². The van der Waals surface area contributed by atoms with Crippen molar-refractivity contribution in [3.05, 3.63) is 142 Å². The lowest BCUT2D eigenvalue weighted by Gasteiger charge is -2.30. The molecule has 0 unspecified atom stereocenters. The van der Waals surface area contributed by atoms with Gasteiger partial charge in [-0.2, -0.15) is 0 Å². The first-order chi connectivity index (χ1) is 34.7. The summed E-state index contributed by atoms with van der Waals surface area (Å²) in [5, 5.41) is 34.0. The van der Waals surface area contributed by atoms with E-state index in [1.54, 1.807) is 27.7 Å². The fourth-order valence-electron chi connectivity index (χ4n) is 8.16. The molecule has 7 N–H and O–H groups in total. The van der Waals surface area contributed by atoms with Crippen LogP contribution in [0, 0.1) is 0 Å². The highest BCUT2D eigenvalue weighted by atomic mass is 32.1. The van der Waals surface area contributed by atoms with Gasteiger partial charge in [-0.25, -0.2) is 30.2 Å². The largest absolute Gasteiger partial charge is 0.480 e. The number of carboxylic acids is 1. The van der Waals surface area contributed by atoms with Crippen LogP contribution >= 0.6 is 22.7 Å². The number of amides is 2. The molecule has 71 heavy (non-hydrogen) atoms. The zero-order valence-corrected chi connectivity index (χ0v) is 41.5. The quantitative estimate of drug-likeness (QED) is 0.0252. The Hall–Kier alpha value is -7.26. The van der Waals surface area contributed by atoms with Gasteiger partial charge in [0.2, 0.25) is 0 Å². The highest BCUT2D eigenvalue weighted by Gasteiger charge is 2.38. The molecule has 0 fully saturated rings. The monoisotopic (exact) mass is 1000 g/mol. The molecule has 2 aliphatic heterocycles. The van der Waals surface area contributed by atoms with Gasteiger partial charge in [-0.15, -0.1) is 43.9 Å². The summed E-state index contributed by atoms with van der Waals surface area (Å²) in [6.07, 6.45) is 4.09. The summed E-state index contributed by atoms with van der Waals surface area (Å²) in [5.41, 5.74) is 15.1. The molecule has 4 aromatic carbocycles. The fourth-order valence-corrected chi connectivity index (χ4v) is 10.1. The number of nitrogens with one attached hydrogen (secondary N) is 6. The van der Waals surface area contributed by atoms with Crippen molar-refractivity contribution in [1.29, 1.82) is 0 Å². The van der Waals surface area contributed by atoms with Crippen molar-refractivity contribution >= 4 is 78.6 Å². The molecule has 8 rings (SSSR count). The van der Waals surface area contributed by atoms with Crippen LogP contribution in [0.25, 0.3) is 20.2 Å². The predicted molar refractivity (Wildman–Crippen MR) is 276 cm³/mol. The molecule has 0 bridgehead atoms. The number of methoxy groups -OCH3 is 1. The molecule has 0 aliphatic carbocycles. The Morgan fingerprint density at radius 1 is 0.620 bits per heavy atom. The van der Waals surface area contributed by atoms with E-state index >= 15 is 0 Å². The number of benzene rings is 4. The fraction of sp³-hybridized carbons (Fsp3) is 0.333. The average Bonchev–Trinajstić information content (AvgIpc) is 4.24. The molecule has 0 radical (unpaired) electrons. The maximum atomic E-state index is 12.9. The van der Waals surface area contributed by atoms with E-state index < -0.39 is 42.3 Å². The number of carbonyl (C=O) groups is 4. The number of carbonyl (C=O) groups excluding carboxylic acids is 3. The second kappa shape index (κ2) is 26.1. The summed E-state index contributed by atoms with van der Waals surface area (Å²) in [4.78, 5) is 50.4. The molecule has 0 saturated carbocycles. The predicted octanol–water partition coefficient (Wildman–Crippen LogP) is 8.13. The van der Waals surface area contributed by atoms with Crippen LogP contribution in [0.15, 0.2) is 130 Å². The summed E-state index contributed by atoms with van der Waals surface area (Å²) in [6, 6.07) is 32.5. The van der Waals surface area contributed by atoms with Crippen LogP contribution in [0.4, 0.5) is 9.59 Å². The van der Waals surface area contributed by atoms with Crippen LogP contribution < -0.4 is 32.8 Å². The summed E-state index contributed by atoms with van der Waals surface area (Å²) in [6.45, 7) is 4.35. The highest BCUT2D eigenvalue weighted by molar-refractivity contribution is 7.17. The van der Waals surface area contributed by atoms with Gasteiger partial charge in [0, 0.05) is 22.2 Å². The maximum absolute atomic E-state index is 12.9. The number of alkyl carbamates (subject to hydrolysis) is 2. The zero-order chi connectivity index (χ0) is 50.0. The Morgan fingerprint density at radius 3 is 1.48 bits per heavy atom. The first-order valence-corrected chi connectivity index (χ1v) is 25.3. The molecule has 0 spiro atoms. The maximum Gasteiger partial charge on any atom is 0.408 e. The van der Waals surface area contributed by atoms with E-state index in [1.165, 1.54) is 12.1 Å². The van der Waals surface area contributed by atoms with E-state index in [2.05, 4.69) is 72.8 Å². The highest BCUT2D eigenvalue weighted by Crippen LogP contribution is 2.29. The van der Waals surface area contributed by atoms with E-state index in [9.17, 15) is 24.3 Å². The Morgan fingerprint density at radius 2 is 1.04 bits per heavy atom. The van der Waals surface area contributed by atoms with Crippen LogP contribution in [0.3, 0.4) is 0 Å².